The van der Waals surface area contributed by atoms with Crippen molar-refractivity contribution in [3.63, 3.8) is 0 Å². The first-order chi connectivity index (χ1) is 15.2. The molecule has 0 saturated heterocycles. The second kappa shape index (κ2) is 8.08. The molecule has 0 unspecified atom stereocenters. The van der Waals surface area contributed by atoms with Crippen LogP contribution in [0.3, 0.4) is 0 Å². The van der Waals surface area contributed by atoms with Crippen molar-refractivity contribution in [1.29, 1.82) is 0 Å². The number of nitrogens with zero attached hydrogens (tertiary/aromatic N) is 3. The van der Waals surface area contributed by atoms with Crippen LogP contribution in [0.25, 0.3) is 0 Å². The van der Waals surface area contributed by atoms with Crippen LogP contribution in [0, 0.1) is 36.5 Å². The first-order valence-electron chi connectivity index (χ1n) is 11.9. The second-order valence-electron chi connectivity index (χ2n) is 11.1. The number of anilines is 1. The number of carbonyl (C=O) groups is 1. The molecule has 4 saturated carbocycles. The molecular weight excluding hydrogens is 420 g/mol. The van der Waals surface area contributed by atoms with E-state index in [1.165, 1.54) is 49.1 Å². The van der Waals surface area contributed by atoms with Crippen LogP contribution in [-0.4, -0.2) is 22.5 Å². The van der Waals surface area contributed by atoms with E-state index >= 15 is 0 Å². The van der Waals surface area contributed by atoms with Crippen LogP contribution >= 0.6 is 11.3 Å². The number of aromatic nitrogens is 3. The Bertz CT molecular complexity index is 1020. The average molecular weight is 456 g/mol. The summed E-state index contributed by atoms with van der Waals surface area (Å²) in [5, 5.41) is 0. The van der Waals surface area contributed by atoms with Crippen LogP contribution in [0.4, 0.5) is 5.82 Å². The molecule has 0 aliphatic heterocycles. The Labute approximate surface area is 194 Å². The maximum Gasteiger partial charge on any atom is 0.306 e. The highest BCUT2D eigenvalue weighted by Crippen LogP contribution is 2.66. The number of hydrogen-bond acceptors (Lipinski definition) is 6. The Hall–Kier alpha value is -2.02. The summed E-state index contributed by atoms with van der Waals surface area (Å²) in [4.78, 5) is 22.5. The minimum absolute atomic E-state index is 0.00205. The monoisotopic (exact) mass is 455 g/mol. The summed E-state index contributed by atoms with van der Waals surface area (Å²) in [5.74, 6) is 2.90. The number of ether oxygens (including phenoxy) is 1. The van der Waals surface area contributed by atoms with Gasteiger partial charge in [0, 0.05) is 19.5 Å². The molecule has 0 aromatic carbocycles. The Morgan fingerprint density at radius 2 is 2.03 bits per heavy atom. The summed E-state index contributed by atoms with van der Waals surface area (Å²) in [6.45, 7) is 7.50. The number of carbonyl (C=O) groups excluding carboxylic acids is 1. The molecule has 2 aromatic rings. The molecule has 172 valence electrons. The zero-order valence-electron chi connectivity index (χ0n) is 19.5. The zero-order valence-corrected chi connectivity index (χ0v) is 20.3. The third-order valence-corrected chi connectivity index (χ3v) is 9.25. The molecule has 0 spiro atoms. The van der Waals surface area contributed by atoms with Crippen molar-refractivity contribution >= 4 is 23.1 Å². The van der Waals surface area contributed by atoms with Crippen molar-refractivity contribution in [1.82, 2.24) is 9.97 Å². The lowest BCUT2D eigenvalue weighted by molar-refractivity contribution is -0.689. The van der Waals surface area contributed by atoms with Crippen molar-refractivity contribution in [3.05, 3.63) is 33.7 Å². The summed E-state index contributed by atoms with van der Waals surface area (Å²) in [6.07, 6.45) is 11.0. The lowest BCUT2D eigenvalue weighted by atomic mass is 9.44. The fourth-order valence-corrected chi connectivity index (χ4v) is 8.39. The van der Waals surface area contributed by atoms with Gasteiger partial charge in [-0.05, 0) is 68.1 Å². The fraction of sp³-hybridized carbons (Fsp3) is 0.680. The lowest BCUT2D eigenvalue weighted by Crippen LogP contribution is -2.51. The number of thiazole rings is 1. The Kier molecular flexibility index (Phi) is 5.51. The largest absolute Gasteiger partial charge is 0.465 e. The standard InChI is InChI=1S/C25H35N4O2S/c1-16-21(32-15-29(16)13-20-12-27-17(2)28-23(20)26)4-5-31-22(30)11-25-9-18-6-19(10-25)8-24(3,7-18)14-25/h12,15,18-19H,4-11,13-14H2,1-3H3,(H2,26,27,28)/q+1/t18-,19-,24?,25?/m1/s1. The topological polar surface area (TPSA) is 82.0 Å². The summed E-state index contributed by atoms with van der Waals surface area (Å²) in [5.41, 5.74) is 10.9. The molecule has 0 amide bonds. The van der Waals surface area contributed by atoms with Crippen molar-refractivity contribution in [2.45, 2.75) is 78.7 Å². The van der Waals surface area contributed by atoms with E-state index in [-0.39, 0.29) is 11.4 Å². The number of esters is 1. The summed E-state index contributed by atoms with van der Waals surface area (Å²) < 4.78 is 7.92. The highest BCUT2D eigenvalue weighted by atomic mass is 32.1. The molecule has 7 heteroatoms. The number of rotatable bonds is 7. The molecule has 6 nitrogen and oxygen atoms in total. The molecular formula is C25H35N4O2S+. The van der Waals surface area contributed by atoms with E-state index < -0.39 is 0 Å². The van der Waals surface area contributed by atoms with Gasteiger partial charge < -0.3 is 10.5 Å². The fourth-order valence-electron chi connectivity index (χ4n) is 7.42. The van der Waals surface area contributed by atoms with E-state index in [9.17, 15) is 4.79 Å². The van der Waals surface area contributed by atoms with Gasteiger partial charge in [0.05, 0.1) is 23.5 Å². The number of nitrogen functional groups attached to an aromatic ring is 1. The highest BCUT2D eigenvalue weighted by Gasteiger charge is 2.56. The highest BCUT2D eigenvalue weighted by molar-refractivity contribution is 7.09. The molecule has 4 bridgehead atoms. The van der Waals surface area contributed by atoms with E-state index in [1.807, 2.05) is 6.92 Å². The predicted molar refractivity (Wildman–Crippen MR) is 124 cm³/mol. The zero-order chi connectivity index (χ0) is 22.5. The van der Waals surface area contributed by atoms with Gasteiger partial charge in [-0.1, -0.05) is 18.3 Å². The van der Waals surface area contributed by atoms with Crippen molar-refractivity contribution < 1.29 is 14.1 Å². The predicted octanol–water partition coefficient (Wildman–Crippen LogP) is 4.16. The van der Waals surface area contributed by atoms with Crippen LogP contribution in [0.1, 0.15) is 73.8 Å². The number of hydrogen-bond donors (Lipinski definition) is 1. The maximum absolute atomic E-state index is 12.8. The average Bonchev–Trinajstić information content (AvgIpc) is 3.01. The Balaban J connectivity index is 1.15. The van der Waals surface area contributed by atoms with Gasteiger partial charge in [-0.3, -0.25) is 4.79 Å². The molecule has 0 radical (unpaired) electrons. The van der Waals surface area contributed by atoms with Crippen LogP contribution in [0.15, 0.2) is 11.7 Å². The normalized spacial score (nSPS) is 30.6. The first kappa shape index (κ1) is 21.8. The van der Waals surface area contributed by atoms with Crippen LogP contribution in [0.2, 0.25) is 0 Å². The smallest absolute Gasteiger partial charge is 0.306 e. The van der Waals surface area contributed by atoms with Crippen molar-refractivity contribution in [2.75, 3.05) is 12.3 Å². The third-order valence-electron chi connectivity index (χ3n) is 8.10. The number of aryl methyl sites for hydroxylation is 1. The second-order valence-corrected chi connectivity index (χ2v) is 12.0. The van der Waals surface area contributed by atoms with Gasteiger partial charge in [0.15, 0.2) is 12.2 Å². The first-order valence-corrected chi connectivity index (χ1v) is 12.8. The molecule has 6 rings (SSSR count). The third kappa shape index (κ3) is 4.28. The lowest BCUT2D eigenvalue weighted by Gasteiger charge is -2.61. The quantitative estimate of drug-likeness (QED) is 0.501. The summed E-state index contributed by atoms with van der Waals surface area (Å²) in [6, 6.07) is 0. The Morgan fingerprint density at radius 3 is 2.72 bits per heavy atom. The SMILES string of the molecule is Cc1ncc(C[n+]2csc(CCOC(=O)CC34C[C@@H]5C[C@H](CC(C)(C5)C3)C4)c2C)c(N)n1. The molecule has 4 aliphatic rings. The van der Waals surface area contributed by atoms with E-state index in [1.54, 1.807) is 17.5 Å². The van der Waals surface area contributed by atoms with E-state index in [4.69, 9.17) is 10.5 Å². The van der Waals surface area contributed by atoms with Crippen molar-refractivity contribution in [2.24, 2.45) is 22.7 Å². The van der Waals surface area contributed by atoms with E-state index in [0.717, 1.165) is 23.8 Å². The number of nitrogens with two attached hydrogens (primary N) is 1. The van der Waals surface area contributed by atoms with E-state index in [2.05, 4.69) is 33.9 Å². The van der Waals surface area contributed by atoms with Gasteiger partial charge in [0.2, 0.25) is 5.51 Å². The van der Waals surface area contributed by atoms with Gasteiger partial charge in [-0.15, -0.1) is 0 Å². The minimum atomic E-state index is 0.00205. The van der Waals surface area contributed by atoms with Gasteiger partial charge in [0.25, 0.3) is 0 Å². The minimum Gasteiger partial charge on any atom is -0.465 e. The van der Waals surface area contributed by atoms with E-state index in [0.29, 0.717) is 36.6 Å². The van der Waals surface area contributed by atoms with Gasteiger partial charge in [-0.25, -0.2) is 9.97 Å². The van der Waals surface area contributed by atoms with Gasteiger partial charge in [0.1, 0.15) is 11.6 Å². The van der Waals surface area contributed by atoms with Crippen LogP contribution in [-0.2, 0) is 22.5 Å². The molecule has 2 aromatic heterocycles. The van der Waals surface area contributed by atoms with Gasteiger partial charge >= 0.3 is 5.97 Å². The molecule has 4 fully saturated rings. The molecule has 2 N–H and O–H groups in total. The molecule has 32 heavy (non-hydrogen) atoms. The molecule has 2 heterocycles. The molecule has 2 atom stereocenters. The van der Waals surface area contributed by atoms with Gasteiger partial charge in [-0.2, -0.15) is 4.57 Å². The van der Waals surface area contributed by atoms with Crippen molar-refractivity contribution in [3.8, 4) is 0 Å². The maximum atomic E-state index is 12.8. The van der Waals surface area contributed by atoms with Crippen LogP contribution < -0.4 is 10.3 Å². The summed E-state index contributed by atoms with van der Waals surface area (Å²) in [7, 11) is 0. The Morgan fingerprint density at radius 1 is 1.28 bits per heavy atom. The molecule has 4 aliphatic carbocycles. The summed E-state index contributed by atoms with van der Waals surface area (Å²) >= 11 is 1.70. The van der Waals surface area contributed by atoms with Crippen LogP contribution in [0.5, 0.6) is 0 Å².